The van der Waals surface area contributed by atoms with Crippen LogP contribution >= 0.6 is 12.2 Å². The number of hydrogen-bond donors (Lipinski definition) is 1. The maximum absolute atomic E-state index is 5.50. The second kappa shape index (κ2) is 6.08. The van der Waals surface area contributed by atoms with E-state index in [9.17, 15) is 0 Å². The van der Waals surface area contributed by atoms with E-state index in [0.717, 1.165) is 17.1 Å². The normalized spacial score (nSPS) is 12.6. The number of rotatable bonds is 4. The fraction of sp³-hybridized carbons (Fsp3) is 0.333. The van der Waals surface area contributed by atoms with E-state index in [4.69, 9.17) is 17.0 Å². The van der Waals surface area contributed by atoms with Crippen LogP contribution in [0.15, 0.2) is 36.4 Å². The van der Waals surface area contributed by atoms with E-state index in [-0.39, 0.29) is 6.10 Å². The summed E-state index contributed by atoms with van der Waals surface area (Å²) in [4.78, 5) is 7.72. The summed E-state index contributed by atoms with van der Waals surface area (Å²) < 4.78 is 6.08. The molecule has 0 spiro atoms. The van der Waals surface area contributed by atoms with Gasteiger partial charge in [0, 0.05) is 12.8 Å². The number of ether oxygens (including phenoxy) is 1. The molecule has 4 heteroatoms. The van der Waals surface area contributed by atoms with E-state index < -0.39 is 0 Å². The van der Waals surface area contributed by atoms with Crippen LogP contribution in [0.2, 0.25) is 0 Å². The Morgan fingerprint density at radius 1 is 1.21 bits per heavy atom. The molecule has 0 bridgehead atoms. The molecule has 3 nitrogen and oxygen atoms in total. The maximum Gasteiger partial charge on any atom is 0.137 e. The van der Waals surface area contributed by atoms with Gasteiger partial charge >= 0.3 is 0 Å². The first-order valence-corrected chi connectivity index (χ1v) is 6.72. The van der Waals surface area contributed by atoms with Gasteiger partial charge in [-0.2, -0.15) is 0 Å². The van der Waals surface area contributed by atoms with Crippen LogP contribution in [0.4, 0.5) is 0 Å². The molecule has 2 rings (SSSR count). The lowest BCUT2D eigenvalue weighted by atomic mass is 10.1. The molecular formula is C15H18N2OS. The lowest BCUT2D eigenvalue weighted by Gasteiger charge is -2.19. The van der Waals surface area contributed by atoms with Crippen molar-refractivity contribution < 1.29 is 4.74 Å². The molecule has 1 aromatic heterocycles. The highest BCUT2D eigenvalue weighted by Gasteiger charge is 2.17. The van der Waals surface area contributed by atoms with E-state index in [0.29, 0.717) is 10.6 Å². The minimum Gasteiger partial charge on any atom is -0.373 e. The SMILES string of the molecule is COC(c1nc(=S)cc(-c2ccccc2)[nH]1)C(C)C. The van der Waals surface area contributed by atoms with Gasteiger partial charge in [-0.05, 0) is 17.5 Å². The molecule has 1 unspecified atom stereocenters. The third-order valence-corrected chi connectivity index (χ3v) is 3.18. The summed E-state index contributed by atoms with van der Waals surface area (Å²) in [6.07, 6.45) is -0.0784. The largest absolute Gasteiger partial charge is 0.373 e. The Morgan fingerprint density at radius 3 is 2.47 bits per heavy atom. The maximum atomic E-state index is 5.50. The fourth-order valence-corrected chi connectivity index (χ4v) is 2.30. The first-order chi connectivity index (χ1) is 9.11. The predicted molar refractivity (Wildman–Crippen MR) is 79.4 cm³/mol. The molecule has 100 valence electrons. The number of H-pyrrole nitrogens is 1. The molecule has 0 aliphatic heterocycles. The molecule has 0 saturated carbocycles. The topological polar surface area (TPSA) is 37.9 Å². The minimum absolute atomic E-state index is 0.0784. The number of aromatic nitrogens is 2. The van der Waals surface area contributed by atoms with Gasteiger partial charge < -0.3 is 9.72 Å². The van der Waals surface area contributed by atoms with Crippen LogP contribution in [0.1, 0.15) is 25.8 Å². The predicted octanol–water partition coefficient (Wildman–Crippen LogP) is 4.15. The lowest BCUT2D eigenvalue weighted by molar-refractivity contribution is 0.0574. The van der Waals surface area contributed by atoms with Gasteiger partial charge in [0.15, 0.2) is 0 Å². The van der Waals surface area contributed by atoms with Crippen LogP contribution in [0.3, 0.4) is 0 Å². The Labute approximate surface area is 118 Å². The molecule has 1 atom stereocenters. The second-order valence-electron chi connectivity index (χ2n) is 4.78. The standard InChI is InChI=1S/C15H18N2OS/c1-10(2)14(18-3)15-16-12(9-13(19)17-15)11-7-5-4-6-8-11/h4-10,14H,1-3H3,(H,16,17,19). The molecule has 0 radical (unpaired) electrons. The number of methoxy groups -OCH3 is 1. The average Bonchev–Trinajstić information content (AvgIpc) is 2.39. The molecule has 0 fully saturated rings. The monoisotopic (exact) mass is 274 g/mol. The summed E-state index contributed by atoms with van der Waals surface area (Å²) in [7, 11) is 1.69. The molecule has 1 aromatic carbocycles. The minimum atomic E-state index is -0.0784. The molecule has 0 amide bonds. The van der Waals surface area contributed by atoms with Gasteiger partial charge in [-0.3, -0.25) is 0 Å². The van der Waals surface area contributed by atoms with Crippen LogP contribution in [-0.2, 0) is 4.74 Å². The van der Waals surface area contributed by atoms with Crippen molar-refractivity contribution in [2.75, 3.05) is 7.11 Å². The van der Waals surface area contributed by atoms with Crippen molar-refractivity contribution >= 4 is 12.2 Å². The van der Waals surface area contributed by atoms with E-state index in [2.05, 4.69) is 23.8 Å². The van der Waals surface area contributed by atoms with Crippen LogP contribution in [0.25, 0.3) is 11.3 Å². The molecule has 0 aliphatic carbocycles. The van der Waals surface area contributed by atoms with Crippen molar-refractivity contribution in [3.8, 4) is 11.3 Å². The zero-order valence-electron chi connectivity index (χ0n) is 11.4. The van der Waals surface area contributed by atoms with Crippen molar-refractivity contribution in [2.24, 2.45) is 5.92 Å². The highest BCUT2D eigenvalue weighted by Crippen LogP contribution is 2.24. The van der Waals surface area contributed by atoms with Crippen LogP contribution in [0, 0.1) is 10.6 Å². The third-order valence-electron chi connectivity index (χ3n) is 2.97. The first-order valence-electron chi connectivity index (χ1n) is 6.31. The van der Waals surface area contributed by atoms with Crippen molar-refractivity contribution in [3.63, 3.8) is 0 Å². The van der Waals surface area contributed by atoms with Crippen molar-refractivity contribution in [1.29, 1.82) is 0 Å². The Hall–Kier alpha value is -1.52. The molecule has 1 heterocycles. The van der Waals surface area contributed by atoms with E-state index in [1.807, 2.05) is 36.4 Å². The summed E-state index contributed by atoms with van der Waals surface area (Å²) in [5.41, 5.74) is 2.06. The summed E-state index contributed by atoms with van der Waals surface area (Å²) in [6.45, 7) is 4.20. The smallest absolute Gasteiger partial charge is 0.137 e. The van der Waals surface area contributed by atoms with E-state index in [1.54, 1.807) is 7.11 Å². The Bertz CT molecular complexity index is 593. The van der Waals surface area contributed by atoms with Crippen molar-refractivity contribution in [3.05, 3.63) is 46.9 Å². The molecule has 19 heavy (non-hydrogen) atoms. The summed E-state index contributed by atoms with van der Waals surface area (Å²) in [5, 5.41) is 0. The lowest BCUT2D eigenvalue weighted by Crippen LogP contribution is -2.13. The van der Waals surface area contributed by atoms with Crippen molar-refractivity contribution in [1.82, 2.24) is 9.97 Å². The number of nitrogens with one attached hydrogen (secondary N) is 1. The molecule has 0 saturated heterocycles. The van der Waals surface area contributed by atoms with Crippen LogP contribution < -0.4 is 0 Å². The van der Waals surface area contributed by atoms with Gasteiger partial charge in [0.25, 0.3) is 0 Å². The average molecular weight is 274 g/mol. The van der Waals surface area contributed by atoms with Gasteiger partial charge in [0.2, 0.25) is 0 Å². The number of hydrogen-bond acceptors (Lipinski definition) is 3. The Morgan fingerprint density at radius 2 is 1.89 bits per heavy atom. The quantitative estimate of drug-likeness (QED) is 0.851. The molecule has 2 aromatic rings. The Balaban J connectivity index is 2.49. The zero-order chi connectivity index (χ0) is 13.8. The van der Waals surface area contributed by atoms with E-state index in [1.165, 1.54) is 0 Å². The summed E-state index contributed by atoms with van der Waals surface area (Å²) in [5.74, 6) is 1.11. The van der Waals surface area contributed by atoms with Gasteiger partial charge in [0.1, 0.15) is 16.6 Å². The summed E-state index contributed by atoms with van der Waals surface area (Å²) in [6, 6.07) is 12.0. The van der Waals surface area contributed by atoms with Crippen molar-refractivity contribution in [2.45, 2.75) is 20.0 Å². The molecule has 0 aliphatic rings. The summed E-state index contributed by atoms with van der Waals surface area (Å²) >= 11 is 5.25. The third kappa shape index (κ3) is 3.28. The van der Waals surface area contributed by atoms with Gasteiger partial charge in [-0.15, -0.1) is 0 Å². The van der Waals surface area contributed by atoms with E-state index >= 15 is 0 Å². The van der Waals surface area contributed by atoms with Gasteiger partial charge in [0.05, 0.1) is 0 Å². The molecule has 1 N–H and O–H groups in total. The number of benzene rings is 1. The second-order valence-corrected chi connectivity index (χ2v) is 5.20. The van der Waals surface area contributed by atoms with Gasteiger partial charge in [-0.1, -0.05) is 56.4 Å². The van der Waals surface area contributed by atoms with Crippen LogP contribution in [0.5, 0.6) is 0 Å². The zero-order valence-corrected chi connectivity index (χ0v) is 12.2. The first kappa shape index (κ1) is 13.9. The van der Waals surface area contributed by atoms with Crippen LogP contribution in [-0.4, -0.2) is 17.1 Å². The highest BCUT2D eigenvalue weighted by molar-refractivity contribution is 7.71. The molecular weight excluding hydrogens is 256 g/mol. The Kier molecular flexibility index (Phi) is 4.45. The fourth-order valence-electron chi connectivity index (χ4n) is 2.08. The van der Waals surface area contributed by atoms with Gasteiger partial charge in [-0.25, -0.2) is 4.98 Å². The number of nitrogens with zero attached hydrogens (tertiary/aromatic N) is 1. The number of aromatic amines is 1. The highest BCUT2D eigenvalue weighted by atomic mass is 32.1.